The molecule has 2 aromatic heterocycles. The number of aromatic nitrogens is 2. The zero-order chi connectivity index (χ0) is 24.3. The number of likely N-dealkylation sites (N-methyl/N-ethyl adjacent to an activating group) is 1. The molecule has 0 bridgehead atoms. The van der Waals surface area contributed by atoms with Crippen LogP contribution in [0.4, 0.5) is 4.39 Å². The maximum atomic E-state index is 13.2. The normalized spacial score (nSPS) is 11.9. The highest BCUT2D eigenvalue weighted by atomic mass is 19.1. The van der Waals surface area contributed by atoms with Gasteiger partial charge in [0.2, 0.25) is 5.91 Å². The van der Waals surface area contributed by atoms with Gasteiger partial charge < -0.3 is 20.4 Å². The summed E-state index contributed by atoms with van der Waals surface area (Å²) in [6, 6.07) is 7.49. The van der Waals surface area contributed by atoms with Gasteiger partial charge in [0, 0.05) is 20.3 Å². The number of halogens is 1. The van der Waals surface area contributed by atoms with Crippen LogP contribution in [0.25, 0.3) is 11.0 Å². The van der Waals surface area contributed by atoms with Gasteiger partial charge in [-0.15, -0.1) is 0 Å². The molecule has 0 aliphatic rings. The van der Waals surface area contributed by atoms with E-state index in [1.165, 1.54) is 37.3 Å². The fourth-order valence-electron chi connectivity index (χ4n) is 3.25. The number of aliphatic hydroxyl groups is 1. The van der Waals surface area contributed by atoms with Crippen LogP contribution >= 0.6 is 0 Å². The third-order valence-electron chi connectivity index (χ3n) is 5.16. The highest BCUT2D eigenvalue weighted by Crippen LogP contribution is 2.26. The van der Waals surface area contributed by atoms with Gasteiger partial charge in [-0.3, -0.25) is 23.9 Å². The van der Waals surface area contributed by atoms with Gasteiger partial charge >= 0.3 is 0 Å². The van der Waals surface area contributed by atoms with Crippen LogP contribution in [0.5, 0.6) is 5.75 Å². The second kappa shape index (κ2) is 9.78. The first-order chi connectivity index (χ1) is 15.6. The van der Waals surface area contributed by atoms with Gasteiger partial charge in [0.15, 0.2) is 5.75 Å². The molecule has 0 fully saturated rings. The molecule has 1 atom stereocenters. The van der Waals surface area contributed by atoms with Crippen molar-refractivity contribution in [3.63, 3.8) is 0 Å². The number of hydrogen-bond acceptors (Lipinski definition) is 6. The number of rotatable bonds is 7. The lowest BCUT2D eigenvalue weighted by Gasteiger charge is -2.18. The lowest BCUT2D eigenvalue weighted by Crippen LogP contribution is -2.40. The maximum absolute atomic E-state index is 13.2. The van der Waals surface area contributed by atoms with E-state index >= 15 is 0 Å². The summed E-state index contributed by atoms with van der Waals surface area (Å²) in [6.45, 7) is 1.24. The monoisotopic (exact) mass is 456 g/mol. The zero-order valence-corrected chi connectivity index (χ0v) is 18.5. The van der Waals surface area contributed by atoms with Gasteiger partial charge in [0.25, 0.3) is 11.5 Å². The fraction of sp³-hybridized carbons (Fsp3) is 0.304. The molecule has 3 rings (SSSR count). The number of amides is 2. The van der Waals surface area contributed by atoms with Crippen LogP contribution < -0.4 is 10.9 Å². The minimum absolute atomic E-state index is 0.0415. The van der Waals surface area contributed by atoms with Crippen LogP contribution in [0.2, 0.25) is 0 Å². The molecule has 0 aliphatic carbocycles. The Kier molecular flexibility index (Phi) is 7.07. The number of aromatic hydroxyl groups is 1. The molecule has 0 saturated carbocycles. The molecule has 9 nitrogen and oxygen atoms in total. The molecule has 3 aromatic rings. The Bertz CT molecular complexity index is 1250. The van der Waals surface area contributed by atoms with Crippen molar-refractivity contribution in [1.29, 1.82) is 0 Å². The Labute approximate surface area is 189 Å². The Morgan fingerprint density at radius 3 is 2.48 bits per heavy atom. The summed E-state index contributed by atoms with van der Waals surface area (Å²) in [5.41, 5.74) is 0.0688. The first-order valence-corrected chi connectivity index (χ1v) is 10.3. The Balaban J connectivity index is 2.17. The maximum Gasteiger partial charge on any atom is 0.268 e. The number of carbonyl (C=O) groups is 2. The number of benzene rings is 1. The third-order valence-corrected chi connectivity index (χ3v) is 5.16. The number of fused-ring (bicyclic) bond motifs is 1. The van der Waals surface area contributed by atoms with Gasteiger partial charge in [-0.25, -0.2) is 4.39 Å². The SMILES string of the molecule is CC[C@H](O)NC(=O)c1c(O)c2ncc(Cc3ccc(F)cc3)cc2n(CC(=O)N(C)C)c1=O. The minimum atomic E-state index is -1.21. The summed E-state index contributed by atoms with van der Waals surface area (Å²) < 4.78 is 14.3. The average Bonchev–Trinajstić information content (AvgIpc) is 2.77. The molecule has 1 aromatic carbocycles. The topological polar surface area (TPSA) is 125 Å². The molecule has 0 saturated heterocycles. The predicted molar refractivity (Wildman–Crippen MR) is 119 cm³/mol. The minimum Gasteiger partial charge on any atom is -0.505 e. The van der Waals surface area contributed by atoms with Crippen LogP contribution in [-0.4, -0.2) is 56.8 Å². The summed E-state index contributed by atoms with van der Waals surface area (Å²) >= 11 is 0. The van der Waals surface area contributed by atoms with E-state index in [1.807, 2.05) is 0 Å². The van der Waals surface area contributed by atoms with Crippen LogP contribution in [0, 0.1) is 5.82 Å². The molecule has 3 N–H and O–H groups in total. The molecule has 10 heteroatoms. The molecule has 2 heterocycles. The van der Waals surface area contributed by atoms with Crippen LogP contribution in [0.1, 0.15) is 34.8 Å². The lowest BCUT2D eigenvalue weighted by molar-refractivity contribution is -0.129. The first kappa shape index (κ1) is 23.9. The summed E-state index contributed by atoms with van der Waals surface area (Å²) in [5, 5.41) is 22.7. The van der Waals surface area contributed by atoms with Crippen molar-refractivity contribution in [2.24, 2.45) is 0 Å². The van der Waals surface area contributed by atoms with Crippen molar-refractivity contribution >= 4 is 22.8 Å². The van der Waals surface area contributed by atoms with Crippen molar-refractivity contribution in [2.45, 2.75) is 32.5 Å². The van der Waals surface area contributed by atoms with Crippen LogP contribution in [-0.2, 0) is 17.8 Å². The van der Waals surface area contributed by atoms with Gasteiger partial charge in [-0.1, -0.05) is 19.1 Å². The number of carbonyl (C=O) groups excluding carboxylic acids is 2. The molecule has 2 amide bonds. The van der Waals surface area contributed by atoms with Gasteiger partial charge in [-0.2, -0.15) is 0 Å². The molecule has 0 spiro atoms. The number of nitrogens with zero attached hydrogens (tertiary/aromatic N) is 3. The van der Waals surface area contributed by atoms with E-state index < -0.39 is 34.9 Å². The third kappa shape index (κ3) is 5.17. The van der Waals surface area contributed by atoms with E-state index in [1.54, 1.807) is 25.1 Å². The van der Waals surface area contributed by atoms with Gasteiger partial charge in [0.05, 0.1) is 5.52 Å². The van der Waals surface area contributed by atoms with Crippen LogP contribution in [0.3, 0.4) is 0 Å². The number of pyridine rings is 2. The molecular weight excluding hydrogens is 431 g/mol. The summed E-state index contributed by atoms with van der Waals surface area (Å²) in [5.74, 6) is -2.39. The van der Waals surface area contributed by atoms with E-state index in [4.69, 9.17) is 0 Å². The highest BCUT2D eigenvalue weighted by Gasteiger charge is 2.25. The first-order valence-electron chi connectivity index (χ1n) is 10.3. The van der Waals surface area contributed by atoms with Gasteiger partial charge in [-0.05, 0) is 42.2 Å². The molecule has 0 radical (unpaired) electrons. The Hall–Kier alpha value is -3.79. The van der Waals surface area contributed by atoms with Crippen molar-refractivity contribution in [2.75, 3.05) is 14.1 Å². The van der Waals surface area contributed by atoms with Gasteiger partial charge in [0.1, 0.15) is 29.7 Å². The second-order valence-electron chi connectivity index (χ2n) is 7.82. The zero-order valence-electron chi connectivity index (χ0n) is 18.5. The summed E-state index contributed by atoms with van der Waals surface area (Å²) in [6.07, 6.45) is 0.814. The quantitative estimate of drug-likeness (QED) is 0.462. The van der Waals surface area contributed by atoms with Crippen molar-refractivity contribution in [1.82, 2.24) is 19.8 Å². The number of aliphatic hydroxyl groups excluding tert-OH is 1. The molecule has 174 valence electrons. The summed E-state index contributed by atoms with van der Waals surface area (Å²) in [4.78, 5) is 43.8. The average molecular weight is 456 g/mol. The lowest BCUT2D eigenvalue weighted by atomic mass is 10.1. The smallest absolute Gasteiger partial charge is 0.268 e. The number of nitrogens with one attached hydrogen (secondary N) is 1. The molecular formula is C23H25FN4O5. The van der Waals surface area contributed by atoms with E-state index in [2.05, 4.69) is 10.3 Å². The van der Waals surface area contributed by atoms with Crippen LogP contribution in [0.15, 0.2) is 41.3 Å². The number of hydrogen-bond donors (Lipinski definition) is 3. The highest BCUT2D eigenvalue weighted by molar-refractivity contribution is 6.01. The van der Waals surface area contributed by atoms with E-state index in [-0.39, 0.29) is 29.8 Å². The fourth-order valence-corrected chi connectivity index (χ4v) is 3.25. The summed E-state index contributed by atoms with van der Waals surface area (Å²) in [7, 11) is 3.05. The molecule has 0 unspecified atom stereocenters. The standard InChI is InChI=1S/C23H25FN4O5/c1-4-17(29)26-22(32)19-21(31)20-16(28(23(19)33)12-18(30)27(2)3)10-14(11-25-20)9-13-5-7-15(24)8-6-13/h5-8,10-11,17,29,31H,4,9,12H2,1-3H3,(H,26,32)/t17-/m0/s1. The van der Waals surface area contributed by atoms with Crippen molar-refractivity contribution < 1.29 is 24.2 Å². The molecule has 0 aliphatic heterocycles. The van der Waals surface area contributed by atoms with Crippen molar-refractivity contribution in [3.8, 4) is 5.75 Å². The van der Waals surface area contributed by atoms with E-state index in [9.17, 15) is 29.0 Å². The van der Waals surface area contributed by atoms with Crippen molar-refractivity contribution in [3.05, 3.63) is 69.4 Å². The predicted octanol–water partition coefficient (Wildman–Crippen LogP) is 1.38. The largest absolute Gasteiger partial charge is 0.505 e. The molecule has 33 heavy (non-hydrogen) atoms. The Morgan fingerprint density at radius 1 is 1.21 bits per heavy atom. The second-order valence-corrected chi connectivity index (χ2v) is 7.82. The Morgan fingerprint density at radius 2 is 1.88 bits per heavy atom. The van der Waals surface area contributed by atoms with E-state index in [0.29, 0.717) is 12.0 Å². The van der Waals surface area contributed by atoms with E-state index in [0.717, 1.165) is 10.1 Å².